The number of para-hydroxylation sites is 1. The summed E-state index contributed by atoms with van der Waals surface area (Å²) >= 11 is 23.8. The summed E-state index contributed by atoms with van der Waals surface area (Å²) in [7, 11) is 0. The van der Waals surface area contributed by atoms with Crippen LogP contribution in [-0.2, 0) is 0 Å². The van der Waals surface area contributed by atoms with Gasteiger partial charge >= 0.3 is 0 Å². The Balaban J connectivity index is 2.40. The number of halogens is 4. The summed E-state index contributed by atoms with van der Waals surface area (Å²) in [4.78, 5) is 0. The van der Waals surface area contributed by atoms with Gasteiger partial charge in [0.25, 0.3) is 0 Å². The first kappa shape index (κ1) is 12.8. The minimum atomic E-state index is 0.336. The molecule has 17 heavy (non-hydrogen) atoms. The SMILES string of the molecule is Clc1cc(Cl)c(Oc2ccccc2Cl)c(Cl)c1. The molecule has 0 atom stereocenters. The van der Waals surface area contributed by atoms with E-state index in [9.17, 15) is 0 Å². The van der Waals surface area contributed by atoms with Crippen molar-refractivity contribution in [2.45, 2.75) is 0 Å². The zero-order chi connectivity index (χ0) is 12.4. The second-order valence-electron chi connectivity index (χ2n) is 3.23. The Morgan fingerprint density at radius 3 is 1.94 bits per heavy atom. The fourth-order valence-corrected chi connectivity index (χ4v) is 2.33. The summed E-state index contributed by atoms with van der Waals surface area (Å²) in [5.41, 5.74) is 0. The van der Waals surface area contributed by atoms with Crippen LogP contribution in [0, 0.1) is 0 Å². The minimum Gasteiger partial charge on any atom is -0.453 e. The Morgan fingerprint density at radius 1 is 0.765 bits per heavy atom. The topological polar surface area (TPSA) is 9.23 Å². The van der Waals surface area contributed by atoms with Crippen LogP contribution in [0.25, 0.3) is 0 Å². The van der Waals surface area contributed by atoms with Crippen LogP contribution in [-0.4, -0.2) is 0 Å². The van der Waals surface area contributed by atoms with Crippen LogP contribution >= 0.6 is 46.4 Å². The highest BCUT2D eigenvalue weighted by Gasteiger charge is 2.11. The molecule has 2 aromatic carbocycles. The van der Waals surface area contributed by atoms with Crippen LogP contribution in [0.3, 0.4) is 0 Å². The normalized spacial score (nSPS) is 10.4. The molecule has 0 radical (unpaired) electrons. The van der Waals surface area contributed by atoms with Gasteiger partial charge in [-0.25, -0.2) is 0 Å². The monoisotopic (exact) mass is 306 g/mol. The van der Waals surface area contributed by atoms with Gasteiger partial charge < -0.3 is 4.74 Å². The highest BCUT2D eigenvalue weighted by molar-refractivity contribution is 6.40. The molecule has 0 heterocycles. The average molecular weight is 308 g/mol. The van der Waals surface area contributed by atoms with Crippen molar-refractivity contribution in [2.75, 3.05) is 0 Å². The summed E-state index contributed by atoms with van der Waals surface area (Å²) in [6, 6.07) is 10.2. The Bertz CT molecular complexity index is 531. The minimum absolute atomic E-state index is 0.336. The molecule has 0 saturated heterocycles. The molecule has 0 fully saturated rings. The van der Waals surface area contributed by atoms with E-state index in [4.69, 9.17) is 51.1 Å². The molecule has 0 N–H and O–H groups in total. The lowest BCUT2D eigenvalue weighted by Gasteiger charge is -2.10. The molecule has 2 aromatic rings. The number of rotatable bonds is 2. The first-order chi connectivity index (χ1) is 8.08. The van der Waals surface area contributed by atoms with Crippen molar-refractivity contribution in [3.63, 3.8) is 0 Å². The summed E-state index contributed by atoms with van der Waals surface area (Å²) in [5.74, 6) is 0.825. The second-order valence-corrected chi connectivity index (χ2v) is 4.89. The molecule has 0 aliphatic heterocycles. The van der Waals surface area contributed by atoms with Crippen LogP contribution in [0.4, 0.5) is 0 Å². The molecule has 5 heteroatoms. The maximum absolute atomic E-state index is 6.00. The Kier molecular flexibility index (Phi) is 4.05. The Hall–Kier alpha value is -0.600. The van der Waals surface area contributed by atoms with Crippen LogP contribution < -0.4 is 4.74 Å². The van der Waals surface area contributed by atoms with Gasteiger partial charge in [0.05, 0.1) is 15.1 Å². The van der Waals surface area contributed by atoms with Crippen molar-refractivity contribution < 1.29 is 4.74 Å². The molecule has 0 amide bonds. The highest BCUT2D eigenvalue weighted by atomic mass is 35.5. The van der Waals surface area contributed by atoms with Gasteiger partial charge in [-0.2, -0.15) is 0 Å². The van der Waals surface area contributed by atoms with Gasteiger partial charge in [-0.3, -0.25) is 0 Å². The van der Waals surface area contributed by atoms with E-state index in [1.165, 1.54) is 0 Å². The van der Waals surface area contributed by atoms with Gasteiger partial charge in [-0.05, 0) is 24.3 Å². The standard InChI is InChI=1S/C12H6Cl4O/c13-7-5-9(15)12(10(16)6-7)17-11-4-2-1-3-8(11)14/h1-6H. The summed E-state index contributed by atoms with van der Waals surface area (Å²) < 4.78 is 5.57. The zero-order valence-electron chi connectivity index (χ0n) is 8.38. The molecule has 0 bridgehead atoms. The zero-order valence-corrected chi connectivity index (χ0v) is 11.4. The molecule has 0 spiro atoms. The van der Waals surface area contributed by atoms with E-state index < -0.39 is 0 Å². The van der Waals surface area contributed by atoms with Crippen molar-refractivity contribution in [3.05, 3.63) is 56.5 Å². The molecule has 0 aromatic heterocycles. The van der Waals surface area contributed by atoms with Gasteiger partial charge in [0.2, 0.25) is 0 Å². The van der Waals surface area contributed by atoms with Crippen molar-refractivity contribution in [1.82, 2.24) is 0 Å². The van der Waals surface area contributed by atoms with E-state index in [2.05, 4.69) is 0 Å². The van der Waals surface area contributed by atoms with Crippen LogP contribution in [0.5, 0.6) is 11.5 Å². The maximum atomic E-state index is 6.00. The molecule has 0 unspecified atom stereocenters. The van der Waals surface area contributed by atoms with Crippen molar-refractivity contribution in [1.29, 1.82) is 0 Å². The fourth-order valence-electron chi connectivity index (χ4n) is 1.26. The van der Waals surface area contributed by atoms with E-state index >= 15 is 0 Å². The Labute approximate surface area is 119 Å². The molecule has 0 saturated carbocycles. The number of ether oxygens (including phenoxy) is 1. The van der Waals surface area contributed by atoms with E-state index in [1.54, 1.807) is 36.4 Å². The third-order valence-corrected chi connectivity index (χ3v) is 3.10. The fraction of sp³-hybridized carbons (Fsp3) is 0. The molecule has 88 valence electrons. The average Bonchev–Trinajstić information content (AvgIpc) is 2.25. The first-order valence-corrected chi connectivity index (χ1v) is 6.16. The van der Waals surface area contributed by atoms with E-state index in [0.717, 1.165) is 0 Å². The lowest BCUT2D eigenvalue weighted by Crippen LogP contribution is -1.87. The maximum Gasteiger partial charge on any atom is 0.164 e. The van der Waals surface area contributed by atoms with Gasteiger partial charge in [0, 0.05) is 5.02 Å². The summed E-state index contributed by atoms with van der Waals surface area (Å²) in [6.45, 7) is 0. The molecule has 0 aliphatic rings. The third kappa shape index (κ3) is 2.99. The molecular formula is C12H6Cl4O. The predicted molar refractivity (Wildman–Crippen MR) is 73.0 cm³/mol. The molecule has 1 nitrogen and oxygen atoms in total. The quantitative estimate of drug-likeness (QED) is 0.652. The third-order valence-electron chi connectivity index (χ3n) is 2.01. The summed E-state index contributed by atoms with van der Waals surface area (Å²) in [5, 5.41) is 1.60. The van der Waals surface area contributed by atoms with Gasteiger partial charge in [0.15, 0.2) is 5.75 Å². The van der Waals surface area contributed by atoms with E-state index in [0.29, 0.717) is 31.6 Å². The van der Waals surface area contributed by atoms with Gasteiger partial charge in [-0.1, -0.05) is 58.5 Å². The Morgan fingerprint density at radius 2 is 1.35 bits per heavy atom. The van der Waals surface area contributed by atoms with Crippen LogP contribution in [0.1, 0.15) is 0 Å². The lowest BCUT2D eigenvalue weighted by molar-refractivity contribution is 0.483. The molecule has 0 aliphatic carbocycles. The number of hydrogen-bond donors (Lipinski definition) is 0. The second kappa shape index (κ2) is 5.36. The van der Waals surface area contributed by atoms with Crippen LogP contribution in [0.2, 0.25) is 20.1 Å². The van der Waals surface area contributed by atoms with E-state index in [1.807, 2.05) is 0 Å². The number of benzene rings is 2. The lowest BCUT2D eigenvalue weighted by atomic mass is 10.3. The summed E-state index contributed by atoms with van der Waals surface area (Å²) in [6.07, 6.45) is 0. The number of hydrogen-bond acceptors (Lipinski definition) is 1. The largest absolute Gasteiger partial charge is 0.453 e. The molecule has 2 rings (SSSR count). The van der Waals surface area contributed by atoms with Crippen LogP contribution in [0.15, 0.2) is 36.4 Å². The smallest absolute Gasteiger partial charge is 0.164 e. The highest BCUT2D eigenvalue weighted by Crippen LogP contribution is 2.40. The first-order valence-electron chi connectivity index (χ1n) is 4.65. The van der Waals surface area contributed by atoms with Gasteiger partial charge in [-0.15, -0.1) is 0 Å². The molecular weight excluding hydrogens is 302 g/mol. The van der Waals surface area contributed by atoms with Crippen molar-refractivity contribution in [3.8, 4) is 11.5 Å². The van der Waals surface area contributed by atoms with Crippen molar-refractivity contribution >= 4 is 46.4 Å². The predicted octanol–water partition coefficient (Wildman–Crippen LogP) is 6.09. The van der Waals surface area contributed by atoms with Gasteiger partial charge in [0.1, 0.15) is 5.75 Å². The van der Waals surface area contributed by atoms with E-state index in [-0.39, 0.29) is 0 Å². The van der Waals surface area contributed by atoms with Crippen molar-refractivity contribution in [2.24, 2.45) is 0 Å².